The topological polar surface area (TPSA) is 88.2 Å². The number of piperidine rings is 1. The zero-order valence-electron chi connectivity index (χ0n) is 36.0. The molecule has 1 aromatic rings. The van der Waals surface area contributed by atoms with Gasteiger partial charge in [-0.05, 0) is 69.7 Å². The van der Waals surface area contributed by atoms with Crippen LogP contribution in [0.4, 0.5) is 0 Å². The van der Waals surface area contributed by atoms with Crippen molar-refractivity contribution in [2.75, 3.05) is 39.9 Å². The van der Waals surface area contributed by atoms with E-state index in [4.69, 9.17) is 9.47 Å². The largest absolute Gasteiger partial charge is 0.497 e. The standard InChI is InChI=1S/C47H83N3O5/c1-5-7-9-11-13-15-17-19-21-25-40-55-46(52)34-33-45(51)50(39-26-38-49-37-24-23-27-41(49)3)44(28-22-20-18-16-14-12-10-8-6-2)47(53)48-36-35-42-29-31-43(54-4)32-30-42/h29-32,41,44H,5-28,33-40H2,1-4H3,(H,48,53). The summed E-state index contributed by atoms with van der Waals surface area (Å²) in [6.45, 7) is 10.2. The van der Waals surface area contributed by atoms with E-state index in [0.717, 1.165) is 62.9 Å². The normalized spacial score (nSPS) is 15.1. The number of likely N-dealkylation sites (tertiary alicyclic amines) is 1. The molecule has 1 heterocycles. The molecule has 0 spiro atoms. The van der Waals surface area contributed by atoms with E-state index in [-0.39, 0.29) is 30.6 Å². The molecule has 1 aliphatic heterocycles. The number of ether oxygens (including phenoxy) is 2. The van der Waals surface area contributed by atoms with Gasteiger partial charge in [-0.1, -0.05) is 148 Å². The SMILES string of the molecule is CCCCCCCCCCCCOC(=O)CCC(=O)N(CCCN1CCCCC1C)C(CCCCCCCCCCC)C(=O)NCCc1ccc(OC)cc1. The maximum atomic E-state index is 14.0. The Morgan fingerprint density at radius 1 is 0.764 bits per heavy atom. The van der Waals surface area contributed by atoms with Gasteiger partial charge in [0.05, 0.1) is 20.1 Å². The summed E-state index contributed by atoms with van der Waals surface area (Å²) < 4.78 is 10.9. The molecule has 0 aromatic heterocycles. The van der Waals surface area contributed by atoms with Crippen LogP contribution in [0.25, 0.3) is 0 Å². The van der Waals surface area contributed by atoms with Gasteiger partial charge in [-0.25, -0.2) is 0 Å². The molecule has 2 atom stereocenters. The summed E-state index contributed by atoms with van der Waals surface area (Å²) in [5.74, 6) is 0.292. The minimum absolute atomic E-state index is 0.0556. The van der Waals surface area contributed by atoms with Crippen LogP contribution in [0.15, 0.2) is 24.3 Å². The van der Waals surface area contributed by atoms with E-state index in [1.54, 1.807) is 7.11 Å². The van der Waals surface area contributed by atoms with Crippen molar-refractivity contribution in [1.82, 2.24) is 15.1 Å². The first-order valence-electron chi connectivity index (χ1n) is 23.0. The summed E-state index contributed by atoms with van der Waals surface area (Å²) in [4.78, 5) is 45.2. The lowest BCUT2D eigenvalue weighted by molar-refractivity contribution is -0.147. The highest BCUT2D eigenvalue weighted by Gasteiger charge is 2.30. The smallest absolute Gasteiger partial charge is 0.306 e. The maximum Gasteiger partial charge on any atom is 0.306 e. The molecule has 316 valence electrons. The zero-order chi connectivity index (χ0) is 39.8. The van der Waals surface area contributed by atoms with Crippen LogP contribution in [0.3, 0.4) is 0 Å². The average molecular weight is 770 g/mol. The minimum Gasteiger partial charge on any atom is -0.497 e. The quantitative estimate of drug-likeness (QED) is 0.0555. The summed E-state index contributed by atoms with van der Waals surface area (Å²) in [5.41, 5.74) is 1.12. The van der Waals surface area contributed by atoms with Crippen molar-refractivity contribution < 1.29 is 23.9 Å². The van der Waals surface area contributed by atoms with E-state index in [1.807, 2.05) is 29.2 Å². The van der Waals surface area contributed by atoms with Crippen molar-refractivity contribution in [2.45, 2.75) is 206 Å². The molecule has 1 N–H and O–H groups in total. The average Bonchev–Trinajstić information content (AvgIpc) is 3.19. The van der Waals surface area contributed by atoms with Crippen molar-refractivity contribution in [1.29, 1.82) is 0 Å². The zero-order valence-corrected chi connectivity index (χ0v) is 36.0. The molecule has 8 nitrogen and oxygen atoms in total. The van der Waals surface area contributed by atoms with Gasteiger partial charge in [-0.3, -0.25) is 14.4 Å². The van der Waals surface area contributed by atoms with E-state index in [2.05, 4.69) is 31.0 Å². The Kier molecular flexibility index (Phi) is 28.7. The highest BCUT2D eigenvalue weighted by Crippen LogP contribution is 2.20. The third-order valence-corrected chi connectivity index (χ3v) is 11.5. The van der Waals surface area contributed by atoms with E-state index in [9.17, 15) is 14.4 Å². The number of amides is 2. The first-order valence-corrected chi connectivity index (χ1v) is 23.0. The number of esters is 1. The Bertz CT molecular complexity index is 1110. The lowest BCUT2D eigenvalue weighted by atomic mass is 10.0. The second-order valence-corrected chi connectivity index (χ2v) is 16.2. The van der Waals surface area contributed by atoms with Crippen LogP contribution in [-0.2, 0) is 25.5 Å². The number of nitrogens with zero attached hydrogens (tertiary/aromatic N) is 2. The number of nitrogens with one attached hydrogen (secondary N) is 1. The maximum absolute atomic E-state index is 14.0. The van der Waals surface area contributed by atoms with E-state index in [1.165, 1.54) is 109 Å². The monoisotopic (exact) mass is 770 g/mol. The molecule has 1 saturated heterocycles. The molecule has 0 aliphatic carbocycles. The Morgan fingerprint density at radius 2 is 1.35 bits per heavy atom. The highest BCUT2D eigenvalue weighted by atomic mass is 16.5. The fourth-order valence-corrected chi connectivity index (χ4v) is 7.91. The fourth-order valence-electron chi connectivity index (χ4n) is 7.91. The number of methoxy groups -OCH3 is 1. The summed E-state index contributed by atoms with van der Waals surface area (Å²) in [7, 11) is 1.66. The second-order valence-electron chi connectivity index (χ2n) is 16.2. The van der Waals surface area contributed by atoms with Crippen LogP contribution in [0.2, 0.25) is 0 Å². The molecule has 1 fully saturated rings. The Hall–Kier alpha value is -2.61. The van der Waals surface area contributed by atoms with Crippen LogP contribution in [0, 0.1) is 0 Å². The van der Waals surface area contributed by atoms with Gasteiger partial charge in [0, 0.05) is 32.1 Å². The number of unbranched alkanes of at least 4 members (excludes halogenated alkanes) is 17. The van der Waals surface area contributed by atoms with Gasteiger partial charge in [0.1, 0.15) is 11.8 Å². The number of benzene rings is 1. The molecular formula is C47H83N3O5. The van der Waals surface area contributed by atoms with E-state index in [0.29, 0.717) is 38.6 Å². The summed E-state index contributed by atoms with van der Waals surface area (Å²) in [5, 5.41) is 3.19. The summed E-state index contributed by atoms with van der Waals surface area (Å²) in [6, 6.07) is 7.93. The van der Waals surface area contributed by atoms with Gasteiger partial charge in [-0.2, -0.15) is 0 Å². The Labute approximate surface area is 337 Å². The molecule has 0 radical (unpaired) electrons. The van der Waals surface area contributed by atoms with Crippen molar-refractivity contribution in [3.8, 4) is 5.75 Å². The van der Waals surface area contributed by atoms with Gasteiger partial charge in [-0.15, -0.1) is 0 Å². The first-order chi connectivity index (χ1) is 26.9. The minimum atomic E-state index is -0.547. The molecule has 2 unspecified atom stereocenters. The van der Waals surface area contributed by atoms with E-state index >= 15 is 0 Å². The van der Waals surface area contributed by atoms with Gasteiger partial charge in [0.15, 0.2) is 0 Å². The molecule has 55 heavy (non-hydrogen) atoms. The molecule has 1 aromatic carbocycles. The van der Waals surface area contributed by atoms with Crippen LogP contribution < -0.4 is 10.1 Å². The molecule has 0 saturated carbocycles. The third-order valence-electron chi connectivity index (χ3n) is 11.5. The van der Waals surface area contributed by atoms with Crippen molar-refractivity contribution in [2.24, 2.45) is 0 Å². The highest BCUT2D eigenvalue weighted by molar-refractivity contribution is 5.88. The third kappa shape index (κ3) is 23.3. The number of hydrogen-bond acceptors (Lipinski definition) is 6. The van der Waals surface area contributed by atoms with Crippen LogP contribution >= 0.6 is 0 Å². The second kappa shape index (κ2) is 32.5. The first kappa shape index (κ1) is 48.5. The number of carbonyl (C=O) groups excluding carboxylic acids is 3. The Balaban J connectivity index is 1.98. The van der Waals surface area contributed by atoms with Crippen molar-refractivity contribution >= 4 is 17.8 Å². The van der Waals surface area contributed by atoms with Gasteiger partial charge < -0.3 is 24.6 Å². The van der Waals surface area contributed by atoms with E-state index < -0.39 is 6.04 Å². The summed E-state index contributed by atoms with van der Waals surface area (Å²) in [6.07, 6.45) is 29.1. The van der Waals surface area contributed by atoms with Crippen LogP contribution in [-0.4, -0.2) is 79.6 Å². The van der Waals surface area contributed by atoms with Crippen molar-refractivity contribution in [3.63, 3.8) is 0 Å². The molecule has 1 aliphatic rings. The predicted octanol–water partition coefficient (Wildman–Crippen LogP) is 11.0. The molecule has 0 bridgehead atoms. The summed E-state index contributed by atoms with van der Waals surface area (Å²) >= 11 is 0. The lowest BCUT2D eigenvalue weighted by Crippen LogP contribution is -2.51. The van der Waals surface area contributed by atoms with Gasteiger partial charge in [0.25, 0.3) is 0 Å². The molecular weight excluding hydrogens is 687 g/mol. The molecule has 2 rings (SSSR count). The molecule has 8 heteroatoms. The number of hydrogen-bond donors (Lipinski definition) is 1. The molecule has 2 amide bonds. The lowest BCUT2D eigenvalue weighted by Gasteiger charge is -2.35. The number of rotatable bonds is 34. The predicted molar refractivity (Wildman–Crippen MR) is 229 cm³/mol. The van der Waals surface area contributed by atoms with Crippen molar-refractivity contribution in [3.05, 3.63) is 29.8 Å². The fraction of sp³-hybridized carbons (Fsp3) is 0.809. The number of carbonyl (C=O) groups is 3. The van der Waals surface area contributed by atoms with Crippen LogP contribution in [0.1, 0.15) is 193 Å². The van der Waals surface area contributed by atoms with Crippen LogP contribution in [0.5, 0.6) is 5.75 Å². The Morgan fingerprint density at radius 3 is 1.93 bits per heavy atom. The van der Waals surface area contributed by atoms with Gasteiger partial charge >= 0.3 is 5.97 Å². The van der Waals surface area contributed by atoms with Gasteiger partial charge in [0.2, 0.25) is 11.8 Å².